The Hall–Kier alpha value is -1.57. The minimum Gasteiger partial charge on any atom is -0.327 e. The zero-order valence-electron chi connectivity index (χ0n) is 10.8. The van der Waals surface area contributed by atoms with E-state index in [0.29, 0.717) is 0 Å². The van der Waals surface area contributed by atoms with Crippen molar-refractivity contribution in [3.8, 4) is 0 Å². The molecule has 0 unspecified atom stereocenters. The van der Waals surface area contributed by atoms with Crippen molar-refractivity contribution in [1.82, 2.24) is 9.55 Å². The van der Waals surface area contributed by atoms with Crippen LogP contribution in [-0.2, 0) is 6.54 Å². The van der Waals surface area contributed by atoms with Gasteiger partial charge in [0, 0.05) is 6.54 Å². The molecule has 2 nitrogen and oxygen atoms in total. The molecule has 1 aliphatic rings. The van der Waals surface area contributed by atoms with Gasteiger partial charge in [0.25, 0.3) is 0 Å². The third-order valence-electron chi connectivity index (χ3n) is 3.89. The molecule has 0 N–H and O–H groups in total. The quantitative estimate of drug-likeness (QED) is 0.736. The topological polar surface area (TPSA) is 17.8 Å². The number of para-hydroxylation sites is 2. The molecular weight excluding hydrogens is 220 g/mol. The molecule has 0 bridgehead atoms. The Balaban J connectivity index is 1.67. The van der Waals surface area contributed by atoms with Gasteiger partial charge in [-0.2, -0.15) is 0 Å². The average molecular weight is 240 g/mol. The normalized spacial score (nSPS) is 17.8. The van der Waals surface area contributed by atoms with Crippen molar-refractivity contribution in [2.75, 3.05) is 0 Å². The highest BCUT2D eigenvalue weighted by molar-refractivity contribution is 5.74. The van der Waals surface area contributed by atoms with Crippen molar-refractivity contribution in [1.29, 1.82) is 0 Å². The molecule has 0 atom stereocenters. The highest BCUT2D eigenvalue weighted by Crippen LogP contribution is 2.24. The SMILES string of the molecule is C(=C\C1CCCCC1)/Cn1cnc2ccccc21. The Kier molecular flexibility index (Phi) is 3.44. The predicted octanol–water partition coefficient (Wildman–Crippen LogP) is 4.17. The van der Waals surface area contributed by atoms with Crippen molar-refractivity contribution in [3.05, 3.63) is 42.7 Å². The number of allylic oxidation sites excluding steroid dienone is 2. The maximum absolute atomic E-state index is 4.41. The molecule has 18 heavy (non-hydrogen) atoms. The second kappa shape index (κ2) is 5.38. The molecule has 1 heterocycles. The van der Waals surface area contributed by atoms with E-state index in [1.54, 1.807) is 0 Å². The fourth-order valence-electron chi connectivity index (χ4n) is 2.85. The van der Waals surface area contributed by atoms with Gasteiger partial charge in [-0.25, -0.2) is 4.98 Å². The van der Waals surface area contributed by atoms with Gasteiger partial charge in [0.1, 0.15) is 0 Å². The number of nitrogens with zero attached hydrogens (tertiary/aromatic N) is 2. The van der Waals surface area contributed by atoms with Crippen LogP contribution in [0.25, 0.3) is 11.0 Å². The van der Waals surface area contributed by atoms with E-state index in [9.17, 15) is 0 Å². The summed E-state index contributed by atoms with van der Waals surface area (Å²) in [7, 11) is 0. The Morgan fingerprint density at radius 1 is 1.17 bits per heavy atom. The van der Waals surface area contributed by atoms with Gasteiger partial charge in [-0.05, 0) is 30.9 Å². The van der Waals surface area contributed by atoms with Gasteiger partial charge in [-0.15, -0.1) is 0 Å². The van der Waals surface area contributed by atoms with Crippen molar-refractivity contribution >= 4 is 11.0 Å². The summed E-state index contributed by atoms with van der Waals surface area (Å²) in [5.74, 6) is 0.813. The number of aromatic nitrogens is 2. The van der Waals surface area contributed by atoms with Crippen LogP contribution in [0, 0.1) is 5.92 Å². The van der Waals surface area contributed by atoms with Crippen LogP contribution in [0.3, 0.4) is 0 Å². The van der Waals surface area contributed by atoms with Crippen LogP contribution in [0.2, 0.25) is 0 Å². The van der Waals surface area contributed by atoms with E-state index < -0.39 is 0 Å². The molecule has 1 aliphatic carbocycles. The molecule has 2 aromatic rings. The van der Waals surface area contributed by atoms with E-state index in [4.69, 9.17) is 0 Å². The average Bonchev–Trinajstić information content (AvgIpc) is 2.84. The van der Waals surface area contributed by atoms with Crippen LogP contribution in [0.5, 0.6) is 0 Å². The van der Waals surface area contributed by atoms with Gasteiger partial charge in [0.05, 0.1) is 17.4 Å². The number of imidazole rings is 1. The predicted molar refractivity (Wildman–Crippen MR) is 75.4 cm³/mol. The summed E-state index contributed by atoms with van der Waals surface area (Å²) in [4.78, 5) is 4.41. The molecule has 1 aromatic carbocycles. The summed E-state index contributed by atoms with van der Waals surface area (Å²) in [6.45, 7) is 0.941. The van der Waals surface area contributed by atoms with E-state index in [1.165, 1.54) is 37.6 Å². The first-order valence-corrected chi connectivity index (χ1v) is 7.00. The van der Waals surface area contributed by atoms with E-state index in [2.05, 4.69) is 39.9 Å². The maximum Gasteiger partial charge on any atom is 0.0961 e. The Bertz CT molecular complexity index is 533. The lowest BCUT2D eigenvalue weighted by Gasteiger charge is -2.17. The Morgan fingerprint density at radius 2 is 2.00 bits per heavy atom. The van der Waals surface area contributed by atoms with Crippen molar-refractivity contribution in [2.45, 2.75) is 38.6 Å². The summed E-state index contributed by atoms with van der Waals surface area (Å²) in [5, 5.41) is 0. The first-order valence-electron chi connectivity index (χ1n) is 7.00. The van der Waals surface area contributed by atoms with E-state index in [0.717, 1.165) is 18.0 Å². The summed E-state index contributed by atoms with van der Waals surface area (Å²) in [5.41, 5.74) is 2.31. The van der Waals surface area contributed by atoms with Crippen LogP contribution < -0.4 is 0 Å². The highest BCUT2D eigenvalue weighted by Gasteiger charge is 2.09. The molecule has 0 spiro atoms. The minimum absolute atomic E-state index is 0.813. The van der Waals surface area contributed by atoms with Gasteiger partial charge < -0.3 is 4.57 Å². The zero-order valence-corrected chi connectivity index (χ0v) is 10.8. The molecule has 1 saturated carbocycles. The lowest BCUT2D eigenvalue weighted by molar-refractivity contribution is 0.418. The Labute approximate surface area is 108 Å². The largest absolute Gasteiger partial charge is 0.327 e. The number of rotatable bonds is 3. The highest BCUT2D eigenvalue weighted by atomic mass is 15.0. The Morgan fingerprint density at radius 3 is 2.89 bits per heavy atom. The summed E-state index contributed by atoms with van der Waals surface area (Å²) >= 11 is 0. The molecular formula is C16H20N2. The number of hydrogen-bond donors (Lipinski definition) is 0. The molecule has 3 rings (SSSR count). The van der Waals surface area contributed by atoms with Gasteiger partial charge in [-0.3, -0.25) is 0 Å². The molecule has 0 radical (unpaired) electrons. The fourth-order valence-corrected chi connectivity index (χ4v) is 2.85. The second-order valence-electron chi connectivity index (χ2n) is 5.21. The maximum atomic E-state index is 4.41. The first kappa shape index (κ1) is 11.5. The molecule has 0 aliphatic heterocycles. The van der Waals surface area contributed by atoms with Gasteiger partial charge in [-0.1, -0.05) is 43.5 Å². The van der Waals surface area contributed by atoms with Gasteiger partial charge >= 0.3 is 0 Å². The van der Waals surface area contributed by atoms with Gasteiger partial charge in [0.15, 0.2) is 0 Å². The molecule has 1 aromatic heterocycles. The van der Waals surface area contributed by atoms with Crippen molar-refractivity contribution in [2.24, 2.45) is 5.92 Å². The fraction of sp³-hybridized carbons (Fsp3) is 0.438. The van der Waals surface area contributed by atoms with E-state index >= 15 is 0 Å². The van der Waals surface area contributed by atoms with Crippen LogP contribution in [0.4, 0.5) is 0 Å². The second-order valence-corrected chi connectivity index (χ2v) is 5.21. The molecule has 0 saturated heterocycles. The third kappa shape index (κ3) is 2.47. The molecule has 1 fully saturated rings. The molecule has 94 valence electrons. The van der Waals surface area contributed by atoms with Crippen LogP contribution in [-0.4, -0.2) is 9.55 Å². The number of hydrogen-bond acceptors (Lipinski definition) is 1. The number of benzene rings is 1. The summed E-state index contributed by atoms with van der Waals surface area (Å²) in [6.07, 6.45) is 13.7. The molecule has 2 heteroatoms. The van der Waals surface area contributed by atoms with Crippen molar-refractivity contribution < 1.29 is 0 Å². The number of fused-ring (bicyclic) bond motifs is 1. The zero-order chi connectivity index (χ0) is 12.2. The lowest BCUT2D eigenvalue weighted by atomic mass is 9.89. The van der Waals surface area contributed by atoms with Crippen molar-refractivity contribution in [3.63, 3.8) is 0 Å². The third-order valence-corrected chi connectivity index (χ3v) is 3.89. The van der Waals surface area contributed by atoms with Crippen LogP contribution in [0.15, 0.2) is 42.7 Å². The monoisotopic (exact) mass is 240 g/mol. The summed E-state index contributed by atoms with van der Waals surface area (Å²) < 4.78 is 2.22. The smallest absolute Gasteiger partial charge is 0.0961 e. The van der Waals surface area contributed by atoms with Gasteiger partial charge in [0.2, 0.25) is 0 Å². The summed E-state index contributed by atoms with van der Waals surface area (Å²) in [6, 6.07) is 8.32. The van der Waals surface area contributed by atoms with E-state index in [1.807, 2.05) is 12.4 Å². The van der Waals surface area contributed by atoms with Crippen LogP contribution in [0.1, 0.15) is 32.1 Å². The standard InChI is InChI=1S/C16H20N2/c1-2-7-14(8-3-1)9-6-12-18-13-17-15-10-4-5-11-16(15)18/h4-6,9-11,13-14H,1-3,7-8,12H2/b9-6+. The minimum atomic E-state index is 0.813. The molecule has 0 amide bonds. The van der Waals surface area contributed by atoms with E-state index in [-0.39, 0.29) is 0 Å². The van der Waals surface area contributed by atoms with Crippen LogP contribution >= 0.6 is 0 Å². The lowest BCUT2D eigenvalue weighted by Crippen LogP contribution is -2.03. The first-order chi connectivity index (χ1) is 8.93.